The van der Waals surface area contributed by atoms with E-state index in [0.29, 0.717) is 24.0 Å². The highest BCUT2D eigenvalue weighted by molar-refractivity contribution is 7.99. The van der Waals surface area contributed by atoms with Crippen molar-refractivity contribution in [2.24, 2.45) is 0 Å². The smallest absolute Gasteiger partial charge is 0.316 e. The van der Waals surface area contributed by atoms with Crippen LogP contribution in [0.1, 0.15) is 19.8 Å². The third-order valence-electron chi connectivity index (χ3n) is 3.37. The van der Waals surface area contributed by atoms with Crippen molar-refractivity contribution in [2.45, 2.75) is 31.1 Å². The van der Waals surface area contributed by atoms with Gasteiger partial charge in [0.15, 0.2) is 5.58 Å². The van der Waals surface area contributed by atoms with Crippen LogP contribution in [0.15, 0.2) is 46.6 Å². The standard InChI is InChI=1S/C19H25NO4S2/c1-3-5-11-25-13-15(12-22-10-4-2)23-18(21)14-26-19-20-16-8-6-7-9-17(16)24-19/h4,6-9,15H,2-3,5,10-14H2,1H3. The number of esters is 1. The highest BCUT2D eigenvalue weighted by atomic mass is 32.2. The molecule has 26 heavy (non-hydrogen) atoms. The Morgan fingerprint density at radius 1 is 1.42 bits per heavy atom. The number of nitrogens with zero attached hydrogens (tertiary/aromatic N) is 1. The van der Waals surface area contributed by atoms with Gasteiger partial charge >= 0.3 is 5.97 Å². The van der Waals surface area contributed by atoms with Crippen molar-refractivity contribution in [2.75, 3.05) is 30.5 Å². The van der Waals surface area contributed by atoms with Gasteiger partial charge in [0.2, 0.25) is 0 Å². The Bertz CT molecular complexity index is 656. The van der Waals surface area contributed by atoms with Crippen molar-refractivity contribution in [3.05, 3.63) is 36.9 Å². The molecule has 0 aliphatic heterocycles. The van der Waals surface area contributed by atoms with Crippen LogP contribution in [0.25, 0.3) is 11.1 Å². The number of rotatable bonds is 13. The minimum absolute atomic E-state index is 0.157. The van der Waals surface area contributed by atoms with Gasteiger partial charge in [0, 0.05) is 5.75 Å². The van der Waals surface area contributed by atoms with Crippen LogP contribution in [0.5, 0.6) is 0 Å². The van der Waals surface area contributed by atoms with Crippen LogP contribution in [-0.2, 0) is 14.3 Å². The van der Waals surface area contributed by atoms with E-state index in [4.69, 9.17) is 13.9 Å². The monoisotopic (exact) mass is 395 g/mol. The zero-order chi connectivity index (χ0) is 18.6. The zero-order valence-corrected chi connectivity index (χ0v) is 16.7. The Labute approximate surface area is 162 Å². The molecular formula is C19H25NO4S2. The number of fused-ring (bicyclic) bond motifs is 1. The van der Waals surface area contributed by atoms with Gasteiger partial charge < -0.3 is 13.9 Å². The fourth-order valence-corrected chi connectivity index (χ4v) is 3.82. The third kappa shape index (κ3) is 7.43. The molecule has 2 aromatic rings. The molecule has 1 unspecified atom stereocenters. The molecule has 0 saturated heterocycles. The predicted octanol–water partition coefficient (Wildman–Crippen LogP) is 4.57. The molecule has 1 atom stereocenters. The van der Waals surface area contributed by atoms with Gasteiger partial charge in [-0.25, -0.2) is 4.98 Å². The largest absolute Gasteiger partial charge is 0.458 e. The van der Waals surface area contributed by atoms with Crippen LogP contribution >= 0.6 is 23.5 Å². The molecule has 0 radical (unpaired) electrons. The van der Waals surface area contributed by atoms with E-state index in [1.807, 2.05) is 24.3 Å². The first-order valence-corrected chi connectivity index (χ1v) is 10.8. The Morgan fingerprint density at radius 3 is 3.04 bits per heavy atom. The average molecular weight is 396 g/mol. The maximum absolute atomic E-state index is 12.2. The number of benzene rings is 1. The van der Waals surface area contributed by atoms with E-state index in [9.17, 15) is 4.79 Å². The van der Waals surface area contributed by atoms with Gasteiger partial charge in [-0.05, 0) is 24.3 Å². The van der Waals surface area contributed by atoms with Crippen molar-refractivity contribution in [1.82, 2.24) is 4.98 Å². The molecule has 0 spiro atoms. The topological polar surface area (TPSA) is 61.6 Å². The van der Waals surface area contributed by atoms with E-state index in [0.717, 1.165) is 29.9 Å². The summed E-state index contributed by atoms with van der Waals surface area (Å²) in [6.45, 7) is 6.62. The Kier molecular flexibility index (Phi) is 9.66. The van der Waals surface area contributed by atoms with E-state index in [1.54, 1.807) is 17.8 Å². The maximum Gasteiger partial charge on any atom is 0.316 e. The van der Waals surface area contributed by atoms with E-state index in [-0.39, 0.29) is 17.8 Å². The predicted molar refractivity (Wildman–Crippen MR) is 108 cm³/mol. The minimum Gasteiger partial charge on any atom is -0.458 e. The number of carbonyl (C=O) groups is 1. The molecule has 1 heterocycles. The second-order valence-electron chi connectivity index (χ2n) is 5.60. The lowest BCUT2D eigenvalue weighted by Gasteiger charge is -2.17. The number of hydrogen-bond acceptors (Lipinski definition) is 7. The van der Waals surface area contributed by atoms with Gasteiger partial charge in [-0.1, -0.05) is 43.3 Å². The fraction of sp³-hybridized carbons (Fsp3) is 0.474. The van der Waals surface area contributed by atoms with Crippen LogP contribution in [0.4, 0.5) is 0 Å². The lowest BCUT2D eigenvalue weighted by atomic mass is 10.3. The second kappa shape index (κ2) is 12.0. The van der Waals surface area contributed by atoms with E-state index >= 15 is 0 Å². The van der Waals surface area contributed by atoms with Gasteiger partial charge in [-0.15, -0.1) is 6.58 Å². The Hall–Kier alpha value is -1.44. The number of aromatic nitrogens is 1. The van der Waals surface area contributed by atoms with Gasteiger partial charge in [-0.3, -0.25) is 4.79 Å². The molecule has 2 rings (SSSR count). The van der Waals surface area contributed by atoms with Crippen molar-refractivity contribution in [3.63, 3.8) is 0 Å². The summed E-state index contributed by atoms with van der Waals surface area (Å²) in [7, 11) is 0. The molecule has 0 bridgehead atoms. The van der Waals surface area contributed by atoms with Gasteiger partial charge in [0.1, 0.15) is 17.4 Å². The van der Waals surface area contributed by atoms with Crippen LogP contribution in [0.2, 0.25) is 0 Å². The number of hydrogen-bond donors (Lipinski definition) is 0. The normalized spacial score (nSPS) is 12.2. The van der Waals surface area contributed by atoms with Gasteiger partial charge in [0.05, 0.1) is 13.2 Å². The highest BCUT2D eigenvalue weighted by Gasteiger charge is 2.16. The summed E-state index contributed by atoms with van der Waals surface area (Å²) < 4.78 is 16.6. The van der Waals surface area contributed by atoms with Crippen molar-refractivity contribution in [3.8, 4) is 0 Å². The van der Waals surface area contributed by atoms with Crippen LogP contribution in [0, 0.1) is 0 Å². The summed E-state index contributed by atoms with van der Waals surface area (Å²) in [6.07, 6.45) is 3.75. The number of thioether (sulfide) groups is 2. The lowest BCUT2D eigenvalue weighted by Crippen LogP contribution is -2.27. The van der Waals surface area contributed by atoms with E-state index in [1.165, 1.54) is 11.8 Å². The Morgan fingerprint density at radius 2 is 2.27 bits per heavy atom. The molecule has 7 heteroatoms. The second-order valence-corrected chi connectivity index (χ2v) is 7.68. The van der Waals surface area contributed by atoms with Crippen LogP contribution in [0.3, 0.4) is 0 Å². The summed E-state index contributed by atoms with van der Waals surface area (Å²) in [5, 5.41) is 0.472. The van der Waals surface area contributed by atoms with E-state index in [2.05, 4.69) is 18.5 Å². The molecular weight excluding hydrogens is 370 g/mol. The van der Waals surface area contributed by atoms with Crippen LogP contribution in [-0.4, -0.2) is 47.5 Å². The number of carbonyl (C=O) groups excluding carboxylic acids is 1. The van der Waals surface area contributed by atoms with Gasteiger partial charge in [0.25, 0.3) is 5.22 Å². The molecule has 1 aromatic carbocycles. The van der Waals surface area contributed by atoms with Crippen LogP contribution < -0.4 is 0 Å². The molecule has 0 saturated carbocycles. The van der Waals surface area contributed by atoms with E-state index < -0.39 is 0 Å². The summed E-state index contributed by atoms with van der Waals surface area (Å²) >= 11 is 3.02. The number of ether oxygens (including phenoxy) is 2. The highest BCUT2D eigenvalue weighted by Crippen LogP contribution is 2.23. The summed E-state index contributed by atoms with van der Waals surface area (Å²) in [5.41, 5.74) is 1.50. The fourth-order valence-electron chi connectivity index (χ4n) is 2.11. The first-order valence-electron chi connectivity index (χ1n) is 8.67. The third-order valence-corrected chi connectivity index (χ3v) is 5.36. The molecule has 0 aliphatic rings. The molecule has 142 valence electrons. The lowest BCUT2D eigenvalue weighted by molar-refractivity contribution is -0.147. The summed E-state index contributed by atoms with van der Waals surface area (Å²) in [5.74, 6) is 1.66. The first kappa shape index (κ1) is 20.9. The number of oxazole rings is 1. The molecule has 0 fully saturated rings. The molecule has 5 nitrogen and oxygen atoms in total. The molecule has 0 N–H and O–H groups in total. The Balaban J connectivity index is 1.79. The first-order chi connectivity index (χ1) is 12.7. The summed E-state index contributed by atoms with van der Waals surface area (Å²) in [4.78, 5) is 16.5. The van der Waals surface area contributed by atoms with Crippen molar-refractivity contribution in [1.29, 1.82) is 0 Å². The van der Waals surface area contributed by atoms with Gasteiger partial charge in [-0.2, -0.15) is 11.8 Å². The molecule has 1 aromatic heterocycles. The molecule has 0 amide bonds. The average Bonchev–Trinajstić information content (AvgIpc) is 3.06. The quantitative estimate of drug-likeness (QED) is 0.213. The molecule has 0 aliphatic carbocycles. The van der Waals surface area contributed by atoms with Crippen molar-refractivity contribution >= 4 is 40.6 Å². The summed E-state index contributed by atoms with van der Waals surface area (Å²) in [6, 6.07) is 7.52. The number of unbranched alkanes of at least 4 members (excludes halogenated alkanes) is 1. The SMILES string of the molecule is C=CCOCC(CSCCCC)OC(=O)CSc1nc2ccccc2o1. The number of para-hydroxylation sites is 2. The maximum atomic E-state index is 12.2. The minimum atomic E-state index is -0.291. The zero-order valence-electron chi connectivity index (χ0n) is 15.0. The van der Waals surface area contributed by atoms with Crippen molar-refractivity contribution < 1.29 is 18.7 Å².